The fourth-order valence-corrected chi connectivity index (χ4v) is 3.35. The van der Waals surface area contributed by atoms with Crippen molar-refractivity contribution in [2.24, 2.45) is 18.9 Å². The second-order valence-corrected chi connectivity index (χ2v) is 7.53. The maximum atomic E-state index is 12.4. The van der Waals surface area contributed by atoms with Crippen LogP contribution in [0.4, 0.5) is 4.79 Å². The lowest BCUT2D eigenvalue weighted by Gasteiger charge is -2.33. The largest absolute Gasteiger partial charge is 0.385 e. The second kappa shape index (κ2) is 8.51. The molecule has 1 atom stereocenters. The molecule has 148 valence electrons. The van der Waals surface area contributed by atoms with Crippen LogP contribution >= 0.6 is 0 Å². The molecule has 9 nitrogen and oxygen atoms in total. The van der Waals surface area contributed by atoms with Crippen LogP contribution in [-0.4, -0.2) is 48.8 Å². The molecule has 0 aromatic carbocycles. The molecular weight excluding hydrogens is 348 g/mol. The van der Waals surface area contributed by atoms with Crippen molar-refractivity contribution in [2.75, 3.05) is 13.1 Å². The Morgan fingerprint density at radius 2 is 2.15 bits per heavy atom. The number of piperidine rings is 1. The topological polar surface area (TPSA) is 109 Å². The van der Waals surface area contributed by atoms with Crippen LogP contribution in [-0.2, 0) is 20.0 Å². The van der Waals surface area contributed by atoms with Gasteiger partial charge in [-0.05, 0) is 24.7 Å². The molecule has 2 aromatic rings. The van der Waals surface area contributed by atoms with E-state index in [9.17, 15) is 9.90 Å². The number of aromatic nitrogens is 4. The Hall–Kier alpha value is -2.42. The molecule has 1 fully saturated rings. The van der Waals surface area contributed by atoms with Crippen molar-refractivity contribution in [3.8, 4) is 0 Å². The van der Waals surface area contributed by atoms with E-state index in [1.54, 1.807) is 11.1 Å². The zero-order chi connectivity index (χ0) is 19.4. The second-order valence-electron chi connectivity index (χ2n) is 7.53. The highest BCUT2D eigenvalue weighted by atomic mass is 16.5. The molecule has 0 radical (unpaired) electrons. The van der Waals surface area contributed by atoms with Crippen LogP contribution in [0.3, 0.4) is 0 Å². The standard InChI is InChI=1S/C18H28N6O3/c1-12(2)10-15-21-14(22-27-15)11-20-18(26)24-7-4-13(5-8-24)16(25)17-19-6-9-23(17)3/h6,9,12-13,16,25H,4-5,7-8,10-11H2,1-3H3,(H,20,26)/t16-/m0/s1. The van der Waals surface area contributed by atoms with Gasteiger partial charge in [0.1, 0.15) is 11.9 Å². The van der Waals surface area contributed by atoms with E-state index in [-0.39, 0.29) is 18.5 Å². The number of carbonyl (C=O) groups excluding carboxylic acids is 1. The van der Waals surface area contributed by atoms with Crippen molar-refractivity contribution < 1.29 is 14.4 Å². The number of amides is 2. The van der Waals surface area contributed by atoms with Crippen molar-refractivity contribution >= 4 is 6.03 Å². The minimum absolute atomic E-state index is 0.103. The van der Waals surface area contributed by atoms with Crippen LogP contribution in [0.25, 0.3) is 0 Å². The van der Waals surface area contributed by atoms with Crippen molar-refractivity contribution in [3.63, 3.8) is 0 Å². The lowest BCUT2D eigenvalue weighted by atomic mass is 9.91. The fourth-order valence-electron chi connectivity index (χ4n) is 3.35. The van der Waals surface area contributed by atoms with Gasteiger partial charge in [-0.3, -0.25) is 0 Å². The van der Waals surface area contributed by atoms with Crippen LogP contribution in [0.5, 0.6) is 0 Å². The molecule has 0 bridgehead atoms. The summed E-state index contributed by atoms with van der Waals surface area (Å²) in [5.74, 6) is 2.30. The molecule has 0 aliphatic carbocycles. The van der Waals surface area contributed by atoms with Crippen molar-refractivity contribution in [1.29, 1.82) is 0 Å². The van der Waals surface area contributed by atoms with E-state index in [0.29, 0.717) is 36.5 Å². The molecule has 2 amide bonds. The number of aliphatic hydroxyl groups is 1. The smallest absolute Gasteiger partial charge is 0.317 e. The molecule has 0 unspecified atom stereocenters. The Morgan fingerprint density at radius 1 is 1.41 bits per heavy atom. The van der Waals surface area contributed by atoms with E-state index >= 15 is 0 Å². The number of aryl methyl sites for hydroxylation is 1. The van der Waals surface area contributed by atoms with E-state index in [1.807, 2.05) is 17.8 Å². The van der Waals surface area contributed by atoms with E-state index in [0.717, 1.165) is 19.3 Å². The van der Waals surface area contributed by atoms with Gasteiger partial charge in [0.15, 0.2) is 5.82 Å². The summed E-state index contributed by atoms with van der Waals surface area (Å²) in [6, 6.07) is -0.143. The average molecular weight is 376 g/mol. The molecular formula is C18H28N6O3. The van der Waals surface area contributed by atoms with Crippen LogP contribution in [0.1, 0.15) is 50.3 Å². The Kier molecular flexibility index (Phi) is 6.10. The van der Waals surface area contributed by atoms with Gasteiger partial charge in [-0.1, -0.05) is 19.0 Å². The molecule has 1 saturated heterocycles. The number of rotatable bonds is 6. The molecule has 1 aliphatic rings. The van der Waals surface area contributed by atoms with Crippen molar-refractivity contribution in [3.05, 3.63) is 29.9 Å². The summed E-state index contributed by atoms with van der Waals surface area (Å²) in [6.07, 6.45) is 5.11. The van der Waals surface area contributed by atoms with Crippen LogP contribution in [0, 0.1) is 11.8 Å². The molecule has 0 saturated carbocycles. The van der Waals surface area contributed by atoms with Gasteiger partial charge in [-0.25, -0.2) is 9.78 Å². The molecule has 2 N–H and O–H groups in total. The summed E-state index contributed by atoms with van der Waals surface area (Å²) in [5.41, 5.74) is 0. The summed E-state index contributed by atoms with van der Waals surface area (Å²) < 4.78 is 7.01. The third kappa shape index (κ3) is 4.85. The summed E-state index contributed by atoms with van der Waals surface area (Å²) in [7, 11) is 1.87. The Bertz CT molecular complexity index is 748. The SMILES string of the molecule is CC(C)Cc1nc(CNC(=O)N2CCC([C@H](O)c3nccn3C)CC2)no1. The first kappa shape index (κ1) is 19.3. The van der Waals surface area contributed by atoms with Crippen LogP contribution in [0.15, 0.2) is 16.9 Å². The van der Waals surface area contributed by atoms with Crippen LogP contribution < -0.4 is 5.32 Å². The number of hydrogen-bond acceptors (Lipinski definition) is 6. The fraction of sp³-hybridized carbons (Fsp3) is 0.667. The predicted octanol–water partition coefficient (Wildman–Crippen LogP) is 1.66. The zero-order valence-electron chi connectivity index (χ0n) is 16.1. The maximum absolute atomic E-state index is 12.4. The van der Waals surface area contributed by atoms with E-state index < -0.39 is 6.10 Å². The average Bonchev–Trinajstić information content (AvgIpc) is 3.27. The first-order valence-corrected chi connectivity index (χ1v) is 9.43. The Labute approximate surface area is 158 Å². The number of urea groups is 1. The molecule has 3 rings (SSSR count). The predicted molar refractivity (Wildman–Crippen MR) is 97.5 cm³/mol. The highest BCUT2D eigenvalue weighted by Gasteiger charge is 2.30. The van der Waals surface area contributed by atoms with Gasteiger partial charge in [0.05, 0.1) is 6.54 Å². The van der Waals surface area contributed by atoms with Gasteiger partial charge < -0.3 is 24.4 Å². The van der Waals surface area contributed by atoms with Gasteiger partial charge in [0, 0.05) is 39.0 Å². The minimum Gasteiger partial charge on any atom is -0.385 e. The molecule has 27 heavy (non-hydrogen) atoms. The molecule has 9 heteroatoms. The molecule has 0 spiro atoms. The number of likely N-dealkylation sites (tertiary alicyclic amines) is 1. The van der Waals surface area contributed by atoms with Gasteiger partial charge in [0.25, 0.3) is 0 Å². The maximum Gasteiger partial charge on any atom is 0.317 e. The van der Waals surface area contributed by atoms with Gasteiger partial charge in [-0.15, -0.1) is 0 Å². The van der Waals surface area contributed by atoms with Gasteiger partial charge in [0.2, 0.25) is 5.89 Å². The van der Waals surface area contributed by atoms with Crippen molar-refractivity contribution in [1.82, 2.24) is 29.9 Å². The lowest BCUT2D eigenvalue weighted by molar-refractivity contribution is 0.0583. The highest BCUT2D eigenvalue weighted by molar-refractivity contribution is 5.74. The monoisotopic (exact) mass is 376 g/mol. The zero-order valence-corrected chi connectivity index (χ0v) is 16.1. The molecule has 2 aromatic heterocycles. The summed E-state index contributed by atoms with van der Waals surface area (Å²) >= 11 is 0. The normalized spacial score (nSPS) is 16.7. The van der Waals surface area contributed by atoms with E-state index in [2.05, 4.69) is 34.3 Å². The number of aliphatic hydroxyl groups excluding tert-OH is 1. The third-order valence-corrected chi connectivity index (χ3v) is 4.89. The first-order chi connectivity index (χ1) is 12.9. The van der Waals surface area contributed by atoms with Crippen molar-refractivity contribution in [2.45, 2.75) is 45.8 Å². The van der Waals surface area contributed by atoms with Gasteiger partial charge >= 0.3 is 6.03 Å². The number of nitrogens with one attached hydrogen (secondary N) is 1. The lowest BCUT2D eigenvalue weighted by Crippen LogP contribution is -2.45. The first-order valence-electron chi connectivity index (χ1n) is 9.43. The molecule has 3 heterocycles. The Morgan fingerprint density at radius 3 is 2.78 bits per heavy atom. The summed E-state index contributed by atoms with van der Waals surface area (Å²) in [5, 5.41) is 17.3. The number of hydrogen-bond donors (Lipinski definition) is 2. The summed E-state index contributed by atoms with van der Waals surface area (Å²) in [6.45, 7) is 5.61. The third-order valence-electron chi connectivity index (χ3n) is 4.89. The van der Waals surface area contributed by atoms with Crippen LogP contribution in [0.2, 0.25) is 0 Å². The number of nitrogens with zero attached hydrogens (tertiary/aromatic N) is 5. The highest BCUT2D eigenvalue weighted by Crippen LogP contribution is 2.29. The van der Waals surface area contributed by atoms with Gasteiger partial charge in [-0.2, -0.15) is 4.98 Å². The Balaban J connectivity index is 1.44. The number of carbonyl (C=O) groups is 1. The summed E-state index contributed by atoms with van der Waals surface area (Å²) in [4.78, 5) is 22.6. The quantitative estimate of drug-likeness (QED) is 0.793. The number of imidazole rings is 1. The minimum atomic E-state index is -0.603. The van der Waals surface area contributed by atoms with E-state index in [1.165, 1.54) is 0 Å². The van der Waals surface area contributed by atoms with E-state index in [4.69, 9.17) is 4.52 Å². The molecule has 1 aliphatic heterocycles.